The Morgan fingerprint density at radius 3 is 3.10 bits per heavy atom. The number of hydrogen-bond acceptors (Lipinski definition) is 3. The molecule has 2 amide bonds. The molecule has 1 atom stereocenters. The normalized spacial score (nSPS) is 18.1. The molecule has 1 unspecified atom stereocenters. The van der Waals surface area contributed by atoms with Crippen LogP contribution in [-0.4, -0.2) is 42.3 Å². The van der Waals surface area contributed by atoms with E-state index in [-0.39, 0.29) is 18.7 Å². The second-order valence-electron chi connectivity index (χ2n) is 4.79. The molecular weight excluding hydrogens is 324 g/mol. The third-order valence-electron chi connectivity index (χ3n) is 3.52. The summed E-state index contributed by atoms with van der Waals surface area (Å²) in [6.45, 7) is 1.12. The molecule has 1 aromatic carbocycles. The number of carbonyl (C=O) groups is 1. The first kappa shape index (κ1) is 15.1. The number of ether oxygens (including phenoxy) is 1. The number of nitrogens with zero attached hydrogens (tertiary/aromatic N) is 1. The van der Waals surface area contributed by atoms with Gasteiger partial charge in [-0.05, 0) is 31.0 Å². The van der Waals surface area contributed by atoms with E-state index in [2.05, 4.69) is 21.2 Å². The third kappa shape index (κ3) is 3.43. The predicted octanol–water partition coefficient (Wildman–Crippen LogP) is 2.12. The fraction of sp³-hybridized carbons (Fsp3) is 0.500. The number of urea groups is 1. The molecule has 0 radical (unpaired) electrons. The number of carbonyl (C=O) groups excluding carboxylic acids is 1. The van der Waals surface area contributed by atoms with Gasteiger partial charge in [0.15, 0.2) is 0 Å². The van der Waals surface area contributed by atoms with Gasteiger partial charge in [-0.3, -0.25) is 0 Å². The quantitative estimate of drug-likeness (QED) is 0.880. The molecule has 2 N–H and O–H groups in total. The smallest absolute Gasteiger partial charge is 0.317 e. The minimum Gasteiger partial charge on any atom is -0.496 e. The van der Waals surface area contributed by atoms with Crippen molar-refractivity contribution in [3.8, 4) is 5.75 Å². The van der Waals surface area contributed by atoms with Crippen LogP contribution in [0.5, 0.6) is 5.75 Å². The number of amides is 2. The van der Waals surface area contributed by atoms with Crippen molar-refractivity contribution in [2.75, 3.05) is 20.3 Å². The molecule has 20 heavy (non-hydrogen) atoms. The van der Waals surface area contributed by atoms with Crippen LogP contribution >= 0.6 is 15.9 Å². The van der Waals surface area contributed by atoms with Crippen LogP contribution < -0.4 is 10.1 Å². The van der Waals surface area contributed by atoms with E-state index in [1.807, 2.05) is 18.2 Å². The van der Waals surface area contributed by atoms with Crippen LogP contribution in [0, 0.1) is 0 Å². The van der Waals surface area contributed by atoms with Gasteiger partial charge in [-0.1, -0.05) is 15.9 Å². The maximum Gasteiger partial charge on any atom is 0.317 e. The SMILES string of the molecule is COc1ccc(Br)cc1CNC(=O)N1CCCC1CO. The number of aliphatic hydroxyl groups excluding tert-OH is 1. The third-order valence-corrected chi connectivity index (χ3v) is 4.01. The number of methoxy groups -OCH3 is 1. The number of benzene rings is 1. The maximum absolute atomic E-state index is 12.1. The summed E-state index contributed by atoms with van der Waals surface area (Å²) in [6.07, 6.45) is 1.81. The van der Waals surface area contributed by atoms with Gasteiger partial charge >= 0.3 is 6.03 Å². The van der Waals surface area contributed by atoms with Gasteiger partial charge < -0.3 is 20.1 Å². The number of likely N-dealkylation sites (tertiary alicyclic amines) is 1. The number of rotatable bonds is 4. The number of hydrogen-bond donors (Lipinski definition) is 2. The van der Waals surface area contributed by atoms with E-state index in [1.54, 1.807) is 12.0 Å². The highest BCUT2D eigenvalue weighted by atomic mass is 79.9. The van der Waals surface area contributed by atoms with Gasteiger partial charge in [0.25, 0.3) is 0 Å². The molecule has 1 heterocycles. The zero-order chi connectivity index (χ0) is 14.5. The zero-order valence-electron chi connectivity index (χ0n) is 11.4. The number of halogens is 1. The highest BCUT2D eigenvalue weighted by molar-refractivity contribution is 9.10. The average molecular weight is 343 g/mol. The van der Waals surface area contributed by atoms with Crippen molar-refractivity contribution in [1.82, 2.24) is 10.2 Å². The Morgan fingerprint density at radius 2 is 2.40 bits per heavy atom. The van der Waals surface area contributed by atoms with Crippen LogP contribution in [0.2, 0.25) is 0 Å². The molecule has 2 rings (SSSR count). The first-order valence-electron chi connectivity index (χ1n) is 6.63. The molecule has 0 aliphatic carbocycles. The fourth-order valence-electron chi connectivity index (χ4n) is 2.45. The lowest BCUT2D eigenvalue weighted by Gasteiger charge is -2.23. The van der Waals surface area contributed by atoms with Crippen molar-refractivity contribution in [2.45, 2.75) is 25.4 Å². The number of nitrogens with one attached hydrogen (secondary N) is 1. The molecule has 0 spiro atoms. The highest BCUT2D eigenvalue weighted by Crippen LogP contribution is 2.23. The second kappa shape index (κ2) is 6.95. The zero-order valence-corrected chi connectivity index (χ0v) is 13.0. The minimum atomic E-state index is -0.136. The van der Waals surface area contributed by atoms with E-state index in [9.17, 15) is 9.90 Å². The van der Waals surface area contributed by atoms with Crippen molar-refractivity contribution in [3.05, 3.63) is 28.2 Å². The molecule has 6 heteroatoms. The van der Waals surface area contributed by atoms with Gasteiger partial charge in [0.1, 0.15) is 5.75 Å². The summed E-state index contributed by atoms with van der Waals surface area (Å²) in [5.74, 6) is 0.744. The maximum atomic E-state index is 12.1. The van der Waals surface area contributed by atoms with Gasteiger partial charge in [-0.2, -0.15) is 0 Å². The lowest BCUT2D eigenvalue weighted by atomic mass is 10.2. The minimum absolute atomic E-state index is 0.0215. The van der Waals surface area contributed by atoms with Crippen LogP contribution in [-0.2, 0) is 6.54 Å². The molecule has 1 aliphatic heterocycles. The van der Waals surface area contributed by atoms with E-state index in [1.165, 1.54) is 0 Å². The lowest BCUT2D eigenvalue weighted by molar-refractivity contribution is 0.157. The highest BCUT2D eigenvalue weighted by Gasteiger charge is 2.27. The molecule has 110 valence electrons. The summed E-state index contributed by atoms with van der Waals surface area (Å²) in [6, 6.07) is 5.49. The molecule has 0 bridgehead atoms. The first-order chi connectivity index (χ1) is 9.65. The average Bonchev–Trinajstić information content (AvgIpc) is 2.93. The molecule has 0 aromatic heterocycles. The number of aliphatic hydroxyl groups is 1. The fourth-order valence-corrected chi connectivity index (χ4v) is 2.86. The molecular formula is C14H19BrN2O3. The Hall–Kier alpha value is -1.27. The summed E-state index contributed by atoms with van der Waals surface area (Å²) in [5.41, 5.74) is 0.912. The summed E-state index contributed by atoms with van der Waals surface area (Å²) in [4.78, 5) is 13.8. The summed E-state index contributed by atoms with van der Waals surface area (Å²) in [5, 5.41) is 12.1. The van der Waals surface area contributed by atoms with Gasteiger partial charge in [-0.15, -0.1) is 0 Å². The van der Waals surface area contributed by atoms with E-state index < -0.39 is 0 Å². The Bertz CT molecular complexity index is 481. The topological polar surface area (TPSA) is 61.8 Å². The van der Waals surface area contributed by atoms with E-state index >= 15 is 0 Å². The molecule has 1 saturated heterocycles. The van der Waals surface area contributed by atoms with Crippen molar-refractivity contribution in [3.63, 3.8) is 0 Å². The van der Waals surface area contributed by atoms with Gasteiger partial charge in [0, 0.05) is 23.1 Å². The van der Waals surface area contributed by atoms with Crippen molar-refractivity contribution < 1.29 is 14.6 Å². The molecule has 5 nitrogen and oxygen atoms in total. The van der Waals surface area contributed by atoms with Crippen molar-refractivity contribution in [2.24, 2.45) is 0 Å². The van der Waals surface area contributed by atoms with Crippen LogP contribution in [0.3, 0.4) is 0 Å². The molecule has 0 saturated carbocycles. The monoisotopic (exact) mass is 342 g/mol. The van der Waals surface area contributed by atoms with Crippen LogP contribution in [0.4, 0.5) is 4.79 Å². The predicted molar refractivity (Wildman–Crippen MR) is 79.7 cm³/mol. The summed E-state index contributed by atoms with van der Waals surface area (Å²) < 4.78 is 6.22. The van der Waals surface area contributed by atoms with E-state index in [0.717, 1.165) is 28.6 Å². The van der Waals surface area contributed by atoms with Crippen LogP contribution in [0.15, 0.2) is 22.7 Å². The second-order valence-corrected chi connectivity index (χ2v) is 5.70. The van der Waals surface area contributed by atoms with Crippen LogP contribution in [0.25, 0.3) is 0 Å². The largest absolute Gasteiger partial charge is 0.496 e. The first-order valence-corrected chi connectivity index (χ1v) is 7.42. The van der Waals surface area contributed by atoms with Gasteiger partial charge in [0.05, 0.1) is 19.8 Å². The van der Waals surface area contributed by atoms with Crippen molar-refractivity contribution in [1.29, 1.82) is 0 Å². The molecule has 1 fully saturated rings. The molecule has 1 aromatic rings. The lowest BCUT2D eigenvalue weighted by Crippen LogP contribution is -2.43. The van der Waals surface area contributed by atoms with Crippen molar-refractivity contribution >= 4 is 22.0 Å². The van der Waals surface area contributed by atoms with Gasteiger partial charge in [0.2, 0.25) is 0 Å². The standard InChI is InChI=1S/C14H19BrN2O3/c1-20-13-5-4-11(15)7-10(13)8-16-14(19)17-6-2-3-12(17)9-18/h4-5,7,12,18H,2-3,6,8-9H2,1H3,(H,16,19). The Balaban J connectivity index is 1.98. The summed E-state index contributed by atoms with van der Waals surface area (Å²) in [7, 11) is 1.61. The summed E-state index contributed by atoms with van der Waals surface area (Å²) >= 11 is 3.41. The van der Waals surface area contributed by atoms with Crippen LogP contribution in [0.1, 0.15) is 18.4 Å². The Morgan fingerprint density at radius 1 is 1.60 bits per heavy atom. The van der Waals surface area contributed by atoms with E-state index in [0.29, 0.717) is 13.1 Å². The van der Waals surface area contributed by atoms with E-state index in [4.69, 9.17) is 4.74 Å². The molecule has 1 aliphatic rings. The Kier molecular flexibility index (Phi) is 5.25. The van der Waals surface area contributed by atoms with Gasteiger partial charge in [-0.25, -0.2) is 4.79 Å². The Labute approximate surface area is 127 Å².